The van der Waals surface area contributed by atoms with Gasteiger partial charge in [-0.2, -0.15) is 5.10 Å². The highest BCUT2D eigenvalue weighted by atomic mass is 35.5. The lowest BCUT2D eigenvalue weighted by atomic mass is 10.0. The molecule has 3 nitrogen and oxygen atoms in total. The molecule has 0 amide bonds. The van der Waals surface area contributed by atoms with Gasteiger partial charge < -0.3 is 0 Å². The molecule has 0 atom stereocenters. The number of fused-ring (bicyclic) bond motifs is 1. The average molecular weight is 396 g/mol. The smallest absolute Gasteiger partial charge is 0.165 e. The van der Waals surface area contributed by atoms with Crippen LogP contribution < -0.4 is 0 Å². The molecule has 2 aromatic carbocycles. The number of rotatable bonds is 4. The van der Waals surface area contributed by atoms with Crippen molar-refractivity contribution in [1.29, 1.82) is 0 Å². The van der Waals surface area contributed by atoms with Crippen LogP contribution in [0.25, 0.3) is 28.0 Å². The van der Waals surface area contributed by atoms with Crippen LogP contribution in [0.2, 0.25) is 5.02 Å². The molecule has 2 aromatic heterocycles. The van der Waals surface area contributed by atoms with Crippen LogP contribution in [0.15, 0.2) is 54.6 Å². The van der Waals surface area contributed by atoms with Crippen molar-refractivity contribution in [1.82, 2.24) is 14.8 Å². The molecule has 0 saturated carbocycles. The Balaban J connectivity index is 2.07. The second-order valence-electron chi connectivity index (χ2n) is 6.59. The minimum absolute atomic E-state index is 0.500. The summed E-state index contributed by atoms with van der Waals surface area (Å²) >= 11 is 12.9. The topological polar surface area (TPSA) is 30.7 Å². The van der Waals surface area contributed by atoms with Gasteiger partial charge in [0, 0.05) is 17.1 Å². The van der Waals surface area contributed by atoms with Gasteiger partial charge in [0.15, 0.2) is 5.65 Å². The van der Waals surface area contributed by atoms with E-state index in [1.54, 1.807) is 0 Å². The van der Waals surface area contributed by atoms with Crippen LogP contribution in [0.5, 0.6) is 0 Å². The Labute approximate surface area is 168 Å². The Morgan fingerprint density at radius 1 is 0.963 bits per heavy atom. The molecule has 4 aromatic rings. The van der Waals surface area contributed by atoms with Gasteiger partial charge in [-0.1, -0.05) is 59.6 Å². The van der Waals surface area contributed by atoms with E-state index in [-0.39, 0.29) is 0 Å². The first-order chi connectivity index (χ1) is 13.1. The van der Waals surface area contributed by atoms with Crippen molar-refractivity contribution < 1.29 is 0 Å². The Morgan fingerprint density at radius 2 is 1.67 bits per heavy atom. The number of para-hydroxylation sites is 1. The number of benzene rings is 2. The van der Waals surface area contributed by atoms with Crippen LogP contribution in [-0.2, 0) is 6.42 Å². The summed E-state index contributed by atoms with van der Waals surface area (Å²) in [5.74, 6) is 0.500. The van der Waals surface area contributed by atoms with E-state index >= 15 is 0 Å². The van der Waals surface area contributed by atoms with Crippen molar-refractivity contribution in [3.05, 3.63) is 76.4 Å². The van der Waals surface area contributed by atoms with Crippen LogP contribution in [-0.4, -0.2) is 20.6 Å². The molecular weight excluding hydrogens is 377 g/mol. The van der Waals surface area contributed by atoms with Crippen LogP contribution >= 0.6 is 23.2 Å². The molecule has 0 aliphatic carbocycles. The van der Waals surface area contributed by atoms with Gasteiger partial charge in [-0.3, -0.25) is 0 Å². The fourth-order valence-electron chi connectivity index (χ4n) is 3.30. The lowest BCUT2D eigenvalue weighted by Crippen LogP contribution is -2.01. The zero-order valence-electron chi connectivity index (χ0n) is 15.2. The summed E-state index contributed by atoms with van der Waals surface area (Å²) in [6, 6.07) is 18.3. The van der Waals surface area contributed by atoms with Gasteiger partial charge in [0.2, 0.25) is 0 Å². The maximum atomic E-state index is 6.86. The van der Waals surface area contributed by atoms with E-state index in [0.717, 1.165) is 39.2 Å². The molecule has 5 heteroatoms. The molecule has 2 heterocycles. The fraction of sp³-hybridized carbons (Fsp3) is 0.182. The number of nitrogens with zero attached hydrogens (tertiary/aromatic N) is 3. The fourth-order valence-corrected chi connectivity index (χ4v) is 3.89. The Bertz CT molecular complexity index is 1100. The maximum Gasteiger partial charge on any atom is 0.165 e. The molecule has 0 spiro atoms. The first kappa shape index (κ1) is 18.0. The molecule has 0 saturated heterocycles. The molecule has 0 radical (unpaired) electrons. The standard InChI is InChI=1S/C22H19Cl2N3/c1-14-8-10-16(11-9-14)21-19-20(24)18(12-13-23)15(2)25-22(19)27(26-21)17-6-4-3-5-7-17/h3-11H,12-13H2,1-2H3. The van der Waals surface area contributed by atoms with Gasteiger partial charge in [-0.05, 0) is 38.0 Å². The zero-order valence-corrected chi connectivity index (χ0v) is 16.7. The van der Waals surface area contributed by atoms with E-state index in [1.807, 2.05) is 41.9 Å². The number of halogens is 2. The lowest BCUT2D eigenvalue weighted by molar-refractivity contribution is 0.895. The SMILES string of the molecule is Cc1ccc(-c2nn(-c3ccccc3)c3nc(C)c(CCCl)c(Cl)c23)cc1. The Hall–Kier alpha value is -2.36. The predicted octanol–water partition coefficient (Wildman–Crippen LogP) is 6.14. The summed E-state index contributed by atoms with van der Waals surface area (Å²) in [7, 11) is 0. The van der Waals surface area contributed by atoms with Crippen molar-refractivity contribution in [3.63, 3.8) is 0 Å². The number of alkyl halides is 1. The highest BCUT2D eigenvalue weighted by Crippen LogP contribution is 2.37. The molecule has 136 valence electrons. The van der Waals surface area contributed by atoms with Crippen LogP contribution in [0.4, 0.5) is 0 Å². The van der Waals surface area contributed by atoms with Gasteiger partial charge in [-0.25, -0.2) is 9.67 Å². The van der Waals surface area contributed by atoms with Gasteiger partial charge in [0.25, 0.3) is 0 Å². The summed E-state index contributed by atoms with van der Waals surface area (Å²) in [4.78, 5) is 4.85. The molecule has 0 unspecified atom stereocenters. The number of aromatic nitrogens is 3. The molecule has 0 aliphatic heterocycles. The van der Waals surface area contributed by atoms with Gasteiger partial charge >= 0.3 is 0 Å². The van der Waals surface area contributed by atoms with Crippen molar-refractivity contribution in [2.24, 2.45) is 0 Å². The van der Waals surface area contributed by atoms with E-state index in [0.29, 0.717) is 17.3 Å². The minimum Gasteiger partial charge on any atom is -0.233 e. The number of pyridine rings is 1. The molecule has 27 heavy (non-hydrogen) atoms. The molecule has 0 N–H and O–H groups in total. The Kier molecular flexibility index (Phi) is 4.90. The monoisotopic (exact) mass is 395 g/mol. The molecule has 0 fully saturated rings. The summed E-state index contributed by atoms with van der Waals surface area (Å²) in [5, 5.41) is 6.46. The van der Waals surface area contributed by atoms with Crippen LogP contribution in [0.3, 0.4) is 0 Å². The third-order valence-corrected chi connectivity index (χ3v) is 5.33. The highest BCUT2D eigenvalue weighted by Gasteiger charge is 2.21. The largest absolute Gasteiger partial charge is 0.233 e. The molecule has 4 rings (SSSR count). The van der Waals surface area contributed by atoms with Crippen LogP contribution in [0.1, 0.15) is 16.8 Å². The van der Waals surface area contributed by atoms with Crippen LogP contribution in [0, 0.1) is 13.8 Å². The molecular formula is C22H19Cl2N3. The van der Waals surface area contributed by atoms with Crippen molar-refractivity contribution in [2.75, 3.05) is 5.88 Å². The lowest BCUT2D eigenvalue weighted by Gasteiger charge is -2.09. The number of hydrogen-bond acceptors (Lipinski definition) is 2. The third-order valence-electron chi connectivity index (χ3n) is 4.73. The van der Waals surface area contributed by atoms with Crippen molar-refractivity contribution >= 4 is 34.2 Å². The summed E-state index contributed by atoms with van der Waals surface area (Å²) in [5.41, 5.74) is 6.65. The van der Waals surface area contributed by atoms with Gasteiger partial charge in [0.1, 0.15) is 5.69 Å². The highest BCUT2D eigenvalue weighted by molar-refractivity contribution is 6.37. The number of hydrogen-bond donors (Lipinski definition) is 0. The zero-order chi connectivity index (χ0) is 19.0. The second-order valence-corrected chi connectivity index (χ2v) is 7.35. The predicted molar refractivity (Wildman–Crippen MR) is 113 cm³/mol. The van der Waals surface area contributed by atoms with Crippen molar-refractivity contribution in [3.8, 4) is 16.9 Å². The quantitative estimate of drug-likeness (QED) is 0.388. The first-order valence-electron chi connectivity index (χ1n) is 8.86. The first-order valence-corrected chi connectivity index (χ1v) is 9.77. The number of aryl methyl sites for hydroxylation is 2. The van der Waals surface area contributed by atoms with E-state index in [9.17, 15) is 0 Å². The third kappa shape index (κ3) is 3.22. The Morgan fingerprint density at radius 3 is 2.33 bits per heavy atom. The van der Waals surface area contributed by atoms with E-state index < -0.39 is 0 Å². The maximum absolute atomic E-state index is 6.86. The van der Waals surface area contributed by atoms with E-state index in [1.165, 1.54) is 5.56 Å². The van der Waals surface area contributed by atoms with E-state index in [2.05, 4.69) is 31.2 Å². The minimum atomic E-state index is 0.500. The summed E-state index contributed by atoms with van der Waals surface area (Å²) in [6.07, 6.45) is 0.680. The normalized spacial score (nSPS) is 11.3. The average Bonchev–Trinajstić information content (AvgIpc) is 3.06. The van der Waals surface area contributed by atoms with E-state index in [4.69, 9.17) is 33.3 Å². The molecule has 0 aliphatic rings. The van der Waals surface area contributed by atoms with Gasteiger partial charge in [0.05, 0.1) is 16.1 Å². The second kappa shape index (κ2) is 7.34. The summed E-state index contributed by atoms with van der Waals surface area (Å²) < 4.78 is 1.87. The summed E-state index contributed by atoms with van der Waals surface area (Å²) in [6.45, 7) is 4.04. The molecule has 0 bridgehead atoms. The van der Waals surface area contributed by atoms with Gasteiger partial charge in [-0.15, -0.1) is 11.6 Å². The van der Waals surface area contributed by atoms with Crippen molar-refractivity contribution in [2.45, 2.75) is 20.3 Å².